The summed E-state index contributed by atoms with van der Waals surface area (Å²) >= 11 is 1.21. The maximum Gasteiger partial charge on any atom is 0.471 e. The van der Waals surface area contributed by atoms with Crippen LogP contribution in [-0.4, -0.2) is 42.7 Å². The minimum absolute atomic E-state index is 0.0195. The van der Waals surface area contributed by atoms with Crippen LogP contribution in [0.5, 0.6) is 0 Å². The fourth-order valence-corrected chi connectivity index (χ4v) is 3.88. The number of rotatable bonds is 5. The van der Waals surface area contributed by atoms with Crippen molar-refractivity contribution < 1.29 is 27.5 Å². The van der Waals surface area contributed by atoms with Crippen molar-refractivity contribution >= 4 is 49.9 Å². The molecule has 2 heterocycles. The minimum Gasteiger partial charge on any atom is -0.465 e. The lowest BCUT2D eigenvalue weighted by atomic mass is 10.1. The topological polar surface area (TPSA) is 80.3 Å². The van der Waals surface area contributed by atoms with Crippen molar-refractivity contribution in [2.45, 2.75) is 19.1 Å². The lowest BCUT2D eigenvalue weighted by Crippen LogP contribution is -2.44. The van der Waals surface area contributed by atoms with Gasteiger partial charge in [0.2, 0.25) is 0 Å². The number of amides is 1. The number of esters is 1. The average Bonchev–Trinajstić information content (AvgIpc) is 3.04. The Bertz CT molecular complexity index is 1050. The minimum atomic E-state index is -4.96. The van der Waals surface area contributed by atoms with Crippen molar-refractivity contribution in [3.63, 3.8) is 0 Å². The summed E-state index contributed by atoms with van der Waals surface area (Å²) in [7, 11) is 1.25. The van der Waals surface area contributed by atoms with Gasteiger partial charge in [0.1, 0.15) is 4.88 Å². The van der Waals surface area contributed by atoms with Gasteiger partial charge >= 0.3 is 18.1 Å². The summed E-state index contributed by atoms with van der Waals surface area (Å²) in [6, 6.07) is 6.42. The monoisotopic (exact) mass is 411 g/mol. The van der Waals surface area contributed by atoms with E-state index in [0.29, 0.717) is 16.1 Å². The molecule has 2 aromatic heterocycles. The number of fused-ring (bicyclic) bond motifs is 3. The second-order valence-corrected chi connectivity index (χ2v) is 7.11. The number of carbonyl (C=O) groups is 2. The largest absolute Gasteiger partial charge is 0.471 e. The average molecular weight is 411 g/mol. The number of benzene rings is 1. The van der Waals surface area contributed by atoms with Crippen LogP contribution in [0.1, 0.15) is 16.6 Å². The number of pyridine rings is 1. The first-order chi connectivity index (χ1) is 13.2. The quantitative estimate of drug-likeness (QED) is 0.626. The molecule has 3 rings (SSSR count). The van der Waals surface area contributed by atoms with Gasteiger partial charge in [0.05, 0.1) is 18.3 Å². The zero-order valence-electron chi connectivity index (χ0n) is 14.9. The van der Waals surface area contributed by atoms with Gasteiger partial charge in [-0.2, -0.15) is 13.2 Å². The Kier molecular flexibility index (Phi) is 5.41. The number of alkyl halides is 3. The van der Waals surface area contributed by atoms with Gasteiger partial charge < -0.3 is 15.4 Å². The van der Waals surface area contributed by atoms with E-state index >= 15 is 0 Å². The number of anilines is 1. The predicted molar refractivity (Wildman–Crippen MR) is 101 cm³/mol. The van der Waals surface area contributed by atoms with Gasteiger partial charge in [0, 0.05) is 34.3 Å². The summed E-state index contributed by atoms with van der Waals surface area (Å²) in [5.74, 6) is -2.58. The fraction of sp³-hybridized carbons (Fsp3) is 0.278. The summed E-state index contributed by atoms with van der Waals surface area (Å²) in [5.41, 5.74) is 1.16. The van der Waals surface area contributed by atoms with Crippen LogP contribution in [0.15, 0.2) is 30.5 Å². The number of nitrogens with zero attached hydrogens (tertiary/aromatic N) is 1. The third-order valence-corrected chi connectivity index (χ3v) is 5.16. The number of carbonyl (C=O) groups excluding carboxylic acids is 2. The summed E-state index contributed by atoms with van der Waals surface area (Å²) in [6.07, 6.45) is -3.31. The number of nitrogens with one attached hydrogen (secondary N) is 2. The molecule has 2 N–H and O–H groups in total. The third-order valence-electron chi connectivity index (χ3n) is 4.03. The van der Waals surface area contributed by atoms with Gasteiger partial charge in [-0.1, -0.05) is 6.07 Å². The molecule has 0 fully saturated rings. The highest BCUT2D eigenvalue weighted by molar-refractivity contribution is 7.21. The molecule has 0 radical (unpaired) electrons. The number of hydrogen-bond acceptors (Lipinski definition) is 6. The van der Waals surface area contributed by atoms with Crippen molar-refractivity contribution in [3.05, 3.63) is 35.3 Å². The van der Waals surface area contributed by atoms with Gasteiger partial charge in [0.15, 0.2) is 0 Å². The Morgan fingerprint density at radius 1 is 1.29 bits per heavy atom. The molecule has 1 amide bonds. The highest BCUT2D eigenvalue weighted by Gasteiger charge is 2.39. The summed E-state index contributed by atoms with van der Waals surface area (Å²) in [6.45, 7) is 1.41. The molecule has 10 heteroatoms. The molecule has 0 aliphatic rings. The SMILES string of the molecule is COC(=O)c1sc2ccc3ncccc3c2c1NC[C@@H](C)NC(=O)C(F)(F)F. The summed E-state index contributed by atoms with van der Waals surface area (Å²) in [4.78, 5) is 27.9. The second-order valence-electron chi connectivity index (χ2n) is 6.06. The molecule has 6 nitrogen and oxygen atoms in total. The second kappa shape index (κ2) is 7.63. The van der Waals surface area contributed by atoms with E-state index in [4.69, 9.17) is 4.74 Å². The first-order valence-corrected chi connectivity index (χ1v) is 9.04. The molecule has 0 spiro atoms. The Hall–Kier alpha value is -2.88. The highest BCUT2D eigenvalue weighted by atomic mass is 32.1. The highest BCUT2D eigenvalue weighted by Crippen LogP contribution is 2.40. The van der Waals surface area contributed by atoms with Crippen LogP contribution in [-0.2, 0) is 9.53 Å². The van der Waals surface area contributed by atoms with Crippen LogP contribution in [0, 0.1) is 0 Å². The summed E-state index contributed by atoms with van der Waals surface area (Å²) < 4.78 is 42.9. The molecule has 0 saturated carbocycles. The van der Waals surface area contributed by atoms with Crippen LogP contribution in [0.25, 0.3) is 21.0 Å². The van der Waals surface area contributed by atoms with E-state index in [0.717, 1.165) is 15.5 Å². The lowest BCUT2D eigenvalue weighted by Gasteiger charge is -2.17. The Morgan fingerprint density at radius 3 is 2.71 bits per heavy atom. The predicted octanol–water partition coefficient (Wildman–Crippen LogP) is 3.72. The van der Waals surface area contributed by atoms with E-state index in [9.17, 15) is 22.8 Å². The van der Waals surface area contributed by atoms with Crippen molar-refractivity contribution in [2.24, 2.45) is 0 Å². The van der Waals surface area contributed by atoms with Crippen LogP contribution in [0.4, 0.5) is 18.9 Å². The molecular formula is C18H16F3N3O3S. The molecule has 1 aromatic carbocycles. The molecular weight excluding hydrogens is 395 g/mol. The van der Waals surface area contributed by atoms with Crippen molar-refractivity contribution in [3.8, 4) is 0 Å². The number of hydrogen-bond donors (Lipinski definition) is 2. The molecule has 148 valence electrons. The van der Waals surface area contributed by atoms with Crippen LogP contribution < -0.4 is 10.6 Å². The number of thiophene rings is 1. The Labute approximate surface area is 161 Å². The fourth-order valence-electron chi connectivity index (χ4n) is 2.77. The third kappa shape index (κ3) is 3.86. The molecule has 1 atom stereocenters. The molecule has 0 aliphatic carbocycles. The van der Waals surface area contributed by atoms with Crippen LogP contribution in [0.2, 0.25) is 0 Å². The normalized spacial score (nSPS) is 12.8. The maximum atomic E-state index is 12.4. The maximum absolute atomic E-state index is 12.4. The number of ether oxygens (including phenoxy) is 1. The van der Waals surface area contributed by atoms with E-state index in [-0.39, 0.29) is 6.54 Å². The standard InChI is InChI=1S/C18H16F3N3O3S/c1-9(24-17(26)18(19,20)21)8-23-14-13-10-4-3-7-22-11(10)5-6-12(13)28-15(14)16(25)27-2/h3-7,9,23H,8H2,1-2H3,(H,24,26)/t9-/m1/s1. The molecule has 28 heavy (non-hydrogen) atoms. The van der Waals surface area contributed by atoms with Gasteiger partial charge in [-0.25, -0.2) is 4.79 Å². The van der Waals surface area contributed by atoms with E-state index in [1.165, 1.54) is 25.4 Å². The van der Waals surface area contributed by atoms with Gasteiger partial charge in [-0.3, -0.25) is 9.78 Å². The van der Waals surface area contributed by atoms with E-state index in [1.54, 1.807) is 12.3 Å². The van der Waals surface area contributed by atoms with Crippen LogP contribution >= 0.6 is 11.3 Å². The summed E-state index contributed by atoms with van der Waals surface area (Å²) in [5, 5.41) is 6.40. The molecule has 0 unspecified atom stereocenters. The Morgan fingerprint density at radius 2 is 2.04 bits per heavy atom. The first-order valence-electron chi connectivity index (χ1n) is 8.22. The van der Waals surface area contributed by atoms with Crippen LogP contribution in [0.3, 0.4) is 0 Å². The van der Waals surface area contributed by atoms with E-state index < -0.39 is 24.1 Å². The lowest BCUT2D eigenvalue weighted by molar-refractivity contribution is -0.174. The number of aromatic nitrogens is 1. The van der Waals surface area contributed by atoms with Crippen molar-refractivity contribution in [2.75, 3.05) is 19.0 Å². The molecule has 3 aromatic rings. The number of methoxy groups -OCH3 is 1. The Balaban J connectivity index is 1.97. The van der Waals surface area contributed by atoms with E-state index in [2.05, 4.69) is 10.3 Å². The molecule has 0 saturated heterocycles. The first kappa shape index (κ1) is 19.9. The smallest absolute Gasteiger partial charge is 0.465 e. The van der Waals surface area contributed by atoms with Crippen molar-refractivity contribution in [1.29, 1.82) is 0 Å². The van der Waals surface area contributed by atoms with Gasteiger partial charge in [-0.15, -0.1) is 11.3 Å². The zero-order valence-corrected chi connectivity index (χ0v) is 15.7. The van der Waals surface area contributed by atoms with Gasteiger partial charge in [0.25, 0.3) is 0 Å². The number of halogens is 3. The van der Waals surface area contributed by atoms with Crippen molar-refractivity contribution in [1.82, 2.24) is 10.3 Å². The van der Waals surface area contributed by atoms with Gasteiger partial charge in [-0.05, 0) is 25.1 Å². The molecule has 0 bridgehead atoms. The molecule has 0 aliphatic heterocycles. The zero-order chi connectivity index (χ0) is 20.5. The van der Waals surface area contributed by atoms with E-state index in [1.807, 2.05) is 23.5 Å².